The van der Waals surface area contributed by atoms with E-state index in [1.807, 2.05) is 0 Å². The predicted octanol–water partition coefficient (Wildman–Crippen LogP) is 2.70. The van der Waals surface area contributed by atoms with Crippen LogP contribution in [0.3, 0.4) is 0 Å². The van der Waals surface area contributed by atoms with Crippen LogP contribution in [0.25, 0.3) is 0 Å². The minimum absolute atomic E-state index is 0.0188. The Morgan fingerprint density at radius 1 is 1.33 bits per heavy atom. The van der Waals surface area contributed by atoms with E-state index in [1.165, 1.54) is 5.56 Å². The van der Waals surface area contributed by atoms with E-state index in [2.05, 4.69) is 42.9 Å². The number of thiophene rings is 1. The van der Waals surface area contributed by atoms with Crippen molar-refractivity contribution in [3.8, 4) is 0 Å². The molecule has 0 aliphatic rings. The van der Waals surface area contributed by atoms with Crippen molar-refractivity contribution in [3.05, 3.63) is 22.4 Å². The van der Waals surface area contributed by atoms with E-state index in [0.717, 1.165) is 26.1 Å². The predicted molar refractivity (Wildman–Crippen MR) is 66.6 cm³/mol. The summed E-state index contributed by atoms with van der Waals surface area (Å²) < 4.78 is 5.61. The molecule has 1 heterocycles. The normalized spacial score (nSPS) is 11.9. The van der Waals surface area contributed by atoms with Crippen LogP contribution in [0.2, 0.25) is 0 Å². The molecular weight excluding hydrogens is 206 g/mol. The molecule has 2 nitrogen and oxygen atoms in total. The number of ether oxygens (including phenoxy) is 1. The summed E-state index contributed by atoms with van der Waals surface area (Å²) in [4.78, 5) is 0. The first kappa shape index (κ1) is 12.7. The van der Waals surface area contributed by atoms with E-state index in [-0.39, 0.29) is 5.60 Å². The SMILES string of the molecule is CC(C)(C)OCCNCCc1ccsc1. The quantitative estimate of drug-likeness (QED) is 0.754. The summed E-state index contributed by atoms with van der Waals surface area (Å²) in [5, 5.41) is 7.70. The minimum Gasteiger partial charge on any atom is -0.375 e. The smallest absolute Gasteiger partial charge is 0.0599 e. The van der Waals surface area contributed by atoms with Gasteiger partial charge < -0.3 is 10.1 Å². The van der Waals surface area contributed by atoms with Crippen LogP contribution in [0.15, 0.2) is 16.8 Å². The van der Waals surface area contributed by atoms with Crippen LogP contribution in [0.5, 0.6) is 0 Å². The van der Waals surface area contributed by atoms with Crippen LogP contribution in [0.4, 0.5) is 0 Å². The van der Waals surface area contributed by atoms with Gasteiger partial charge in [-0.3, -0.25) is 0 Å². The van der Waals surface area contributed by atoms with Crippen LogP contribution >= 0.6 is 11.3 Å². The Balaban J connectivity index is 1.94. The first-order chi connectivity index (χ1) is 7.08. The zero-order valence-corrected chi connectivity index (χ0v) is 10.7. The van der Waals surface area contributed by atoms with Gasteiger partial charge in [0.2, 0.25) is 0 Å². The van der Waals surface area contributed by atoms with Crippen molar-refractivity contribution in [3.63, 3.8) is 0 Å². The summed E-state index contributed by atoms with van der Waals surface area (Å²) in [6, 6.07) is 2.18. The molecule has 0 spiro atoms. The highest BCUT2D eigenvalue weighted by Crippen LogP contribution is 2.06. The standard InChI is InChI=1S/C12H21NOS/c1-12(2,3)14-8-7-13-6-4-11-5-9-15-10-11/h5,9-10,13H,4,6-8H2,1-3H3. The molecule has 86 valence electrons. The monoisotopic (exact) mass is 227 g/mol. The Labute approximate surface area is 96.7 Å². The maximum Gasteiger partial charge on any atom is 0.0599 e. The van der Waals surface area contributed by atoms with Gasteiger partial charge in [0.15, 0.2) is 0 Å². The van der Waals surface area contributed by atoms with Gasteiger partial charge >= 0.3 is 0 Å². The van der Waals surface area contributed by atoms with E-state index >= 15 is 0 Å². The highest BCUT2D eigenvalue weighted by atomic mass is 32.1. The van der Waals surface area contributed by atoms with Gasteiger partial charge in [0.25, 0.3) is 0 Å². The molecule has 0 atom stereocenters. The first-order valence-electron chi connectivity index (χ1n) is 5.44. The Morgan fingerprint density at radius 3 is 2.73 bits per heavy atom. The van der Waals surface area contributed by atoms with Gasteiger partial charge in [-0.25, -0.2) is 0 Å². The van der Waals surface area contributed by atoms with Crippen LogP contribution in [-0.4, -0.2) is 25.3 Å². The van der Waals surface area contributed by atoms with Crippen LogP contribution in [0.1, 0.15) is 26.3 Å². The molecule has 0 aliphatic carbocycles. The zero-order chi connectivity index (χ0) is 11.1. The molecule has 0 saturated carbocycles. The molecule has 1 aromatic rings. The first-order valence-corrected chi connectivity index (χ1v) is 6.38. The van der Waals surface area contributed by atoms with Crippen LogP contribution in [-0.2, 0) is 11.2 Å². The summed E-state index contributed by atoms with van der Waals surface area (Å²) >= 11 is 1.76. The molecule has 0 bridgehead atoms. The van der Waals surface area contributed by atoms with Crippen molar-refractivity contribution in [1.82, 2.24) is 5.32 Å². The third-order valence-electron chi connectivity index (χ3n) is 1.98. The molecule has 0 amide bonds. The van der Waals surface area contributed by atoms with E-state index in [9.17, 15) is 0 Å². The zero-order valence-electron chi connectivity index (χ0n) is 9.88. The number of nitrogens with one attached hydrogen (secondary N) is 1. The summed E-state index contributed by atoms with van der Waals surface area (Å²) in [6.45, 7) is 8.99. The Kier molecular flexibility index (Phi) is 5.29. The third kappa shape index (κ3) is 6.66. The summed E-state index contributed by atoms with van der Waals surface area (Å²) in [5.74, 6) is 0. The van der Waals surface area contributed by atoms with E-state index < -0.39 is 0 Å². The maximum absolute atomic E-state index is 5.61. The minimum atomic E-state index is -0.0188. The van der Waals surface area contributed by atoms with Gasteiger partial charge in [-0.1, -0.05) is 0 Å². The van der Waals surface area contributed by atoms with Gasteiger partial charge in [-0.05, 0) is 56.1 Å². The molecule has 0 radical (unpaired) electrons. The number of hydrogen-bond acceptors (Lipinski definition) is 3. The highest BCUT2D eigenvalue weighted by Gasteiger charge is 2.08. The van der Waals surface area contributed by atoms with Gasteiger partial charge in [-0.2, -0.15) is 11.3 Å². The van der Waals surface area contributed by atoms with Gasteiger partial charge in [0.05, 0.1) is 12.2 Å². The van der Waals surface area contributed by atoms with Crippen LogP contribution < -0.4 is 5.32 Å². The molecule has 1 rings (SSSR count). The Morgan fingerprint density at radius 2 is 2.13 bits per heavy atom. The average molecular weight is 227 g/mol. The maximum atomic E-state index is 5.61. The average Bonchev–Trinajstić information content (AvgIpc) is 2.61. The van der Waals surface area contributed by atoms with E-state index in [1.54, 1.807) is 11.3 Å². The highest BCUT2D eigenvalue weighted by molar-refractivity contribution is 7.07. The Bertz CT molecular complexity index is 251. The fourth-order valence-corrected chi connectivity index (χ4v) is 1.93. The fraction of sp³-hybridized carbons (Fsp3) is 0.667. The Hall–Kier alpha value is -0.380. The largest absolute Gasteiger partial charge is 0.375 e. The lowest BCUT2D eigenvalue weighted by Crippen LogP contribution is -2.27. The second-order valence-electron chi connectivity index (χ2n) is 4.59. The fourth-order valence-electron chi connectivity index (χ4n) is 1.22. The summed E-state index contributed by atoms with van der Waals surface area (Å²) in [6.07, 6.45) is 1.11. The summed E-state index contributed by atoms with van der Waals surface area (Å²) in [5.41, 5.74) is 1.40. The number of rotatable bonds is 6. The molecule has 0 fully saturated rings. The lowest BCUT2D eigenvalue weighted by atomic mass is 10.2. The molecule has 3 heteroatoms. The second kappa shape index (κ2) is 6.26. The van der Waals surface area contributed by atoms with Gasteiger partial charge in [-0.15, -0.1) is 0 Å². The number of hydrogen-bond donors (Lipinski definition) is 1. The van der Waals surface area contributed by atoms with Crippen molar-refractivity contribution in [2.75, 3.05) is 19.7 Å². The van der Waals surface area contributed by atoms with Gasteiger partial charge in [0, 0.05) is 6.54 Å². The van der Waals surface area contributed by atoms with Crippen molar-refractivity contribution < 1.29 is 4.74 Å². The molecule has 0 saturated heterocycles. The van der Waals surface area contributed by atoms with Crippen molar-refractivity contribution in [2.45, 2.75) is 32.8 Å². The van der Waals surface area contributed by atoms with Crippen molar-refractivity contribution in [2.24, 2.45) is 0 Å². The van der Waals surface area contributed by atoms with E-state index in [4.69, 9.17) is 4.74 Å². The van der Waals surface area contributed by atoms with Gasteiger partial charge in [0.1, 0.15) is 0 Å². The third-order valence-corrected chi connectivity index (χ3v) is 2.72. The molecule has 1 aromatic heterocycles. The molecular formula is C12H21NOS. The molecule has 15 heavy (non-hydrogen) atoms. The van der Waals surface area contributed by atoms with E-state index in [0.29, 0.717) is 0 Å². The van der Waals surface area contributed by atoms with Crippen molar-refractivity contribution in [1.29, 1.82) is 0 Å². The molecule has 1 N–H and O–H groups in total. The topological polar surface area (TPSA) is 21.3 Å². The lowest BCUT2D eigenvalue weighted by Gasteiger charge is -2.19. The van der Waals surface area contributed by atoms with Crippen LogP contribution in [0, 0.1) is 0 Å². The molecule has 0 aliphatic heterocycles. The van der Waals surface area contributed by atoms with Crippen molar-refractivity contribution >= 4 is 11.3 Å². The molecule has 0 aromatic carbocycles. The summed E-state index contributed by atoms with van der Waals surface area (Å²) in [7, 11) is 0. The second-order valence-corrected chi connectivity index (χ2v) is 5.37. The lowest BCUT2D eigenvalue weighted by molar-refractivity contribution is -0.000709. The molecule has 0 unspecified atom stereocenters.